The Balaban J connectivity index is 2.03. The zero-order valence-electron chi connectivity index (χ0n) is 11.3. The van der Waals surface area contributed by atoms with Gasteiger partial charge in [0.15, 0.2) is 0 Å². The molecule has 1 heterocycles. The van der Waals surface area contributed by atoms with Crippen LogP contribution in [0.4, 0.5) is 0 Å². The largest absolute Gasteiger partial charge is 0.368 e. The van der Waals surface area contributed by atoms with Gasteiger partial charge >= 0.3 is 0 Å². The molecule has 0 unspecified atom stereocenters. The summed E-state index contributed by atoms with van der Waals surface area (Å²) in [6.07, 6.45) is 1.05. The molecular formula is C14H16BrN3O3. The highest BCUT2D eigenvalue weighted by Gasteiger charge is 2.30. The van der Waals surface area contributed by atoms with E-state index in [-0.39, 0.29) is 11.8 Å². The minimum atomic E-state index is -0.811. The van der Waals surface area contributed by atoms with Crippen molar-refractivity contribution in [3.8, 4) is 0 Å². The smallest absolute Gasteiger partial charge is 0.243 e. The number of carbonyl (C=O) groups is 3. The lowest BCUT2D eigenvalue weighted by molar-refractivity contribution is -0.129. The molecule has 0 saturated carbocycles. The molecule has 1 aromatic carbocycles. The summed E-state index contributed by atoms with van der Waals surface area (Å²) in [7, 11) is 0. The van der Waals surface area contributed by atoms with Gasteiger partial charge in [0.2, 0.25) is 17.7 Å². The predicted octanol–water partition coefficient (Wildman–Crippen LogP) is 0.240. The first-order valence-electron chi connectivity index (χ1n) is 6.60. The lowest BCUT2D eigenvalue weighted by Crippen LogP contribution is -2.51. The van der Waals surface area contributed by atoms with E-state index in [1.165, 1.54) is 0 Å². The summed E-state index contributed by atoms with van der Waals surface area (Å²) in [4.78, 5) is 34.7. The molecule has 3 amide bonds. The summed E-state index contributed by atoms with van der Waals surface area (Å²) < 4.78 is 0.847. The van der Waals surface area contributed by atoms with Crippen molar-refractivity contribution in [2.75, 3.05) is 0 Å². The van der Waals surface area contributed by atoms with E-state index in [2.05, 4.69) is 26.6 Å². The summed E-state index contributed by atoms with van der Waals surface area (Å²) in [5, 5.41) is 5.17. The summed E-state index contributed by atoms with van der Waals surface area (Å²) >= 11 is 3.39. The van der Waals surface area contributed by atoms with E-state index in [0.29, 0.717) is 19.3 Å². The molecule has 21 heavy (non-hydrogen) atoms. The molecule has 1 aliphatic heterocycles. The number of primary amides is 1. The summed E-state index contributed by atoms with van der Waals surface area (Å²) in [5.41, 5.74) is 6.22. The van der Waals surface area contributed by atoms with Crippen molar-refractivity contribution < 1.29 is 14.4 Å². The van der Waals surface area contributed by atoms with E-state index in [9.17, 15) is 14.4 Å². The molecule has 0 bridgehead atoms. The second kappa shape index (κ2) is 6.71. The molecule has 6 nitrogen and oxygen atoms in total. The van der Waals surface area contributed by atoms with E-state index in [4.69, 9.17) is 5.73 Å². The summed E-state index contributed by atoms with van der Waals surface area (Å²) in [5.74, 6) is -1.14. The fraction of sp³-hybridized carbons (Fsp3) is 0.357. The van der Waals surface area contributed by atoms with Crippen LogP contribution < -0.4 is 16.4 Å². The third-order valence-electron chi connectivity index (χ3n) is 3.35. The average molecular weight is 354 g/mol. The van der Waals surface area contributed by atoms with Crippen LogP contribution in [0.1, 0.15) is 18.4 Å². The van der Waals surface area contributed by atoms with Crippen molar-refractivity contribution in [3.05, 3.63) is 34.3 Å². The monoisotopic (exact) mass is 353 g/mol. The molecular weight excluding hydrogens is 338 g/mol. The van der Waals surface area contributed by atoms with Gasteiger partial charge in [-0.2, -0.15) is 0 Å². The van der Waals surface area contributed by atoms with Crippen LogP contribution in [0.25, 0.3) is 0 Å². The summed E-state index contributed by atoms with van der Waals surface area (Å²) in [6, 6.07) is 6.01. The third kappa shape index (κ3) is 4.04. The predicted molar refractivity (Wildman–Crippen MR) is 80.1 cm³/mol. The van der Waals surface area contributed by atoms with E-state index in [1.54, 1.807) is 0 Å². The molecule has 2 rings (SSSR count). The zero-order chi connectivity index (χ0) is 15.4. The Hall–Kier alpha value is -1.89. The molecule has 0 aromatic heterocycles. The van der Waals surface area contributed by atoms with Crippen molar-refractivity contribution >= 4 is 33.7 Å². The van der Waals surface area contributed by atoms with Crippen LogP contribution >= 0.6 is 15.9 Å². The van der Waals surface area contributed by atoms with Crippen LogP contribution in [0.3, 0.4) is 0 Å². The van der Waals surface area contributed by atoms with Crippen LogP contribution in [0.15, 0.2) is 28.7 Å². The van der Waals surface area contributed by atoms with E-state index in [1.807, 2.05) is 24.3 Å². The molecule has 0 radical (unpaired) electrons. The van der Waals surface area contributed by atoms with Gasteiger partial charge in [-0.25, -0.2) is 0 Å². The Morgan fingerprint density at radius 1 is 1.43 bits per heavy atom. The highest BCUT2D eigenvalue weighted by Crippen LogP contribution is 2.17. The second-order valence-electron chi connectivity index (χ2n) is 4.92. The molecule has 0 spiro atoms. The number of hydrogen-bond acceptors (Lipinski definition) is 3. The SMILES string of the molecule is NC(=O)[C@@H](Cc1ccccc1Br)NC(=O)[C@@H]1CCC(=O)N1. The number of hydrogen-bond donors (Lipinski definition) is 3. The van der Waals surface area contributed by atoms with E-state index < -0.39 is 18.0 Å². The van der Waals surface area contributed by atoms with Gasteiger partial charge in [0.05, 0.1) is 0 Å². The van der Waals surface area contributed by atoms with Gasteiger partial charge in [0, 0.05) is 17.3 Å². The third-order valence-corrected chi connectivity index (χ3v) is 4.13. The van der Waals surface area contributed by atoms with Gasteiger partial charge < -0.3 is 16.4 Å². The number of halogens is 1. The lowest BCUT2D eigenvalue weighted by atomic mass is 10.0. The molecule has 1 aliphatic rings. The molecule has 1 saturated heterocycles. The minimum Gasteiger partial charge on any atom is -0.368 e. The normalized spacial score (nSPS) is 18.9. The Morgan fingerprint density at radius 2 is 2.14 bits per heavy atom. The number of amides is 3. The van der Waals surface area contributed by atoms with Gasteiger partial charge in [-0.3, -0.25) is 14.4 Å². The standard InChI is InChI=1S/C14H16BrN3O3/c15-9-4-2-1-3-8(9)7-11(13(16)20)18-14(21)10-5-6-12(19)17-10/h1-4,10-11H,5-7H2,(H2,16,20)(H,17,19)(H,18,21)/t10-,11+/m0/s1. The number of rotatable bonds is 5. The van der Waals surface area contributed by atoms with E-state index in [0.717, 1.165) is 10.0 Å². The van der Waals surface area contributed by atoms with Gasteiger partial charge in [0.25, 0.3) is 0 Å². The maximum atomic E-state index is 12.0. The topological polar surface area (TPSA) is 101 Å². The lowest BCUT2D eigenvalue weighted by Gasteiger charge is -2.18. The van der Waals surface area contributed by atoms with Crippen LogP contribution in [0, 0.1) is 0 Å². The van der Waals surface area contributed by atoms with Gasteiger partial charge in [0.1, 0.15) is 12.1 Å². The van der Waals surface area contributed by atoms with Crippen LogP contribution in [0.2, 0.25) is 0 Å². The Bertz CT molecular complexity index is 576. The Labute approximate surface area is 130 Å². The number of nitrogens with one attached hydrogen (secondary N) is 2. The molecule has 7 heteroatoms. The van der Waals surface area contributed by atoms with Gasteiger partial charge in [-0.1, -0.05) is 34.1 Å². The highest BCUT2D eigenvalue weighted by atomic mass is 79.9. The van der Waals surface area contributed by atoms with Crippen LogP contribution in [-0.2, 0) is 20.8 Å². The van der Waals surface area contributed by atoms with Crippen molar-refractivity contribution in [1.82, 2.24) is 10.6 Å². The van der Waals surface area contributed by atoms with E-state index >= 15 is 0 Å². The fourth-order valence-electron chi connectivity index (χ4n) is 2.19. The Morgan fingerprint density at radius 3 is 2.71 bits per heavy atom. The maximum Gasteiger partial charge on any atom is 0.243 e. The van der Waals surface area contributed by atoms with Crippen molar-refractivity contribution in [2.24, 2.45) is 5.73 Å². The zero-order valence-corrected chi connectivity index (χ0v) is 12.9. The first kappa shape index (κ1) is 15.5. The summed E-state index contributed by atoms with van der Waals surface area (Å²) in [6.45, 7) is 0. The fourth-order valence-corrected chi connectivity index (χ4v) is 2.64. The number of nitrogens with two attached hydrogens (primary N) is 1. The molecule has 112 valence electrons. The molecule has 2 atom stereocenters. The van der Waals surface area contributed by atoms with Crippen molar-refractivity contribution in [2.45, 2.75) is 31.3 Å². The molecule has 1 aromatic rings. The highest BCUT2D eigenvalue weighted by molar-refractivity contribution is 9.10. The second-order valence-corrected chi connectivity index (χ2v) is 5.77. The molecule has 1 fully saturated rings. The van der Waals surface area contributed by atoms with Crippen LogP contribution in [0.5, 0.6) is 0 Å². The first-order valence-corrected chi connectivity index (χ1v) is 7.39. The van der Waals surface area contributed by atoms with Crippen molar-refractivity contribution in [1.29, 1.82) is 0 Å². The number of benzene rings is 1. The number of carbonyl (C=O) groups excluding carboxylic acids is 3. The Kier molecular flexibility index (Phi) is 4.95. The van der Waals surface area contributed by atoms with Gasteiger partial charge in [-0.15, -0.1) is 0 Å². The van der Waals surface area contributed by atoms with Crippen LogP contribution in [-0.4, -0.2) is 29.8 Å². The maximum absolute atomic E-state index is 12.0. The van der Waals surface area contributed by atoms with Gasteiger partial charge in [-0.05, 0) is 18.1 Å². The molecule has 4 N–H and O–H groups in total. The average Bonchev–Trinajstić information content (AvgIpc) is 2.87. The van der Waals surface area contributed by atoms with Crippen molar-refractivity contribution in [3.63, 3.8) is 0 Å². The first-order chi connectivity index (χ1) is 9.97. The minimum absolute atomic E-state index is 0.156. The quantitative estimate of drug-likeness (QED) is 0.706. The molecule has 0 aliphatic carbocycles.